The molecule has 5 atom stereocenters. The molecule has 0 amide bonds. The van der Waals surface area contributed by atoms with E-state index in [0.29, 0.717) is 31.6 Å². The molecule has 3 N–H and O–H groups in total. The first-order valence-electron chi connectivity index (χ1n) is 35.0. The molecule has 0 rings (SSSR count). The van der Waals surface area contributed by atoms with Crippen molar-refractivity contribution in [2.75, 3.05) is 39.6 Å². The normalized spacial score (nSPS) is 14.2. The van der Waals surface area contributed by atoms with Gasteiger partial charge in [-0.05, 0) is 37.5 Å². The van der Waals surface area contributed by atoms with Gasteiger partial charge in [0.1, 0.15) is 19.3 Å². The Labute approximate surface area is 524 Å². The lowest BCUT2D eigenvalue weighted by molar-refractivity contribution is -0.161. The first-order chi connectivity index (χ1) is 41.4. The Morgan fingerprint density at radius 3 is 0.791 bits per heavy atom. The van der Waals surface area contributed by atoms with E-state index in [2.05, 4.69) is 41.5 Å². The molecule has 0 saturated carbocycles. The molecule has 86 heavy (non-hydrogen) atoms. The minimum atomic E-state index is -4.95. The van der Waals surface area contributed by atoms with Crippen LogP contribution in [0.25, 0.3) is 0 Å². The Bertz CT molecular complexity index is 1680. The number of phosphoric ester groups is 2. The minimum Gasteiger partial charge on any atom is -0.462 e. The quantitative estimate of drug-likeness (QED) is 0.0222. The second kappa shape index (κ2) is 59.4. The van der Waals surface area contributed by atoms with Gasteiger partial charge in [0.15, 0.2) is 12.2 Å². The maximum Gasteiger partial charge on any atom is 0.472 e. The van der Waals surface area contributed by atoms with Gasteiger partial charge in [-0.2, -0.15) is 0 Å². The van der Waals surface area contributed by atoms with Crippen molar-refractivity contribution in [3.63, 3.8) is 0 Å². The molecule has 0 radical (unpaired) electrons. The molecule has 0 saturated heterocycles. The second-order valence-corrected chi connectivity index (χ2v) is 28.1. The number of ether oxygens (including phenoxy) is 4. The summed E-state index contributed by atoms with van der Waals surface area (Å²) in [4.78, 5) is 72.3. The third-order valence-electron chi connectivity index (χ3n) is 15.5. The average Bonchev–Trinajstić information content (AvgIpc) is 3.58. The number of aliphatic hydroxyl groups is 1. The summed E-state index contributed by atoms with van der Waals surface area (Å²) in [5.74, 6) is -0.676. The number of carbonyl (C=O) groups excluding carboxylic acids is 4. The molecule has 17 nitrogen and oxygen atoms in total. The molecule has 0 aromatic carbocycles. The molecule has 0 aromatic heterocycles. The smallest absolute Gasteiger partial charge is 0.462 e. The SMILES string of the molecule is CCCCCCCCCCCCCCCCC(=O)O[C@H](COC(=O)CCCCCCCCCCCCC(C)C)COP(=O)(O)OC[C@@H](O)COP(=O)(O)OC[C@@H](COC(=O)CCCCCCCCCCC)OC(=O)CCCCCCCCCC(C)C. The number of rotatable bonds is 66. The van der Waals surface area contributed by atoms with Crippen LogP contribution < -0.4 is 0 Å². The monoisotopic (exact) mass is 1270 g/mol. The number of hydrogen-bond donors (Lipinski definition) is 3. The van der Waals surface area contributed by atoms with E-state index in [1.54, 1.807) is 0 Å². The molecule has 0 aromatic rings. The van der Waals surface area contributed by atoms with Crippen LogP contribution >= 0.6 is 15.6 Å². The highest BCUT2D eigenvalue weighted by Gasteiger charge is 2.30. The lowest BCUT2D eigenvalue weighted by atomic mass is 10.0. The molecule has 0 aliphatic heterocycles. The van der Waals surface area contributed by atoms with Crippen molar-refractivity contribution < 1.29 is 80.2 Å². The van der Waals surface area contributed by atoms with Crippen LogP contribution in [0.15, 0.2) is 0 Å². The highest BCUT2D eigenvalue weighted by atomic mass is 31.2. The topological polar surface area (TPSA) is 237 Å². The van der Waals surface area contributed by atoms with Crippen LogP contribution in [0.1, 0.15) is 337 Å². The Kier molecular flexibility index (Phi) is 58.0. The van der Waals surface area contributed by atoms with Gasteiger partial charge in [-0.3, -0.25) is 37.3 Å². The predicted molar refractivity (Wildman–Crippen MR) is 345 cm³/mol. The number of unbranched alkanes of at least 4 members (excludes halogenated alkanes) is 36. The van der Waals surface area contributed by atoms with Crippen LogP contribution in [-0.4, -0.2) is 96.7 Å². The molecule has 0 fully saturated rings. The Morgan fingerprint density at radius 1 is 0.314 bits per heavy atom. The molecule has 0 aliphatic carbocycles. The Balaban J connectivity index is 5.24. The molecule has 0 heterocycles. The van der Waals surface area contributed by atoms with Gasteiger partial charge in [0.25, 0.3) is 0 Å². The number of esters is 4. The molecular weight excluding hydrogens is 1140 g/mol. The van der Waals surface area contributed by atoms with Gasteiger partial charge in [-0.25, -0.2) is 9.13 Å². The highest BCUT2D eigenvalue weighted by Crippen LogP contribution is 2.45. The maximum absolute atomic E-state index is 13.0. The van der Waals surface area contributed by atoms with Crippen molar-refractivity contribution in [2.24, 2.45) is 11.8 Å². The fourth-order valence-corrected chi connectivity index (χ4v) is 11.6. The molecule has 0 bridgehead atoms. The van der Waals surface area contributed by atoms with Crippen LogP contribution in [-0.2, 0) is 65.4 Å². The number of carbonyl (C=O) groups is 4. The van der Waals surface area contributed by atoms with Crippen molar-refractivity contribution in [1.82, 2.24) is 0 Å². The van der Waals surface area contributed by atoms with Crippen molar-refractivity contribution in [2.45, 2.75) is 355 Å². The number of hydrogen-bond acceptors (Lipinski definition) is 15. The predicted octanol–water partition coefficient (Wildman–Crippen LogP) is 18.8. The zero-order valence-electron chi connectivity index (χ0n) is 55.6. The summed E-state index contributed by atoms with van der Waals surface area (Å²) in [6, 6.07) is 0. The number of aliphatic hydroxyl groups excluding tert-OH is 1. The summed E-state index contributed by atoms with van der Waals surface area (Å²) < 4.78 is 68.1. The molecule has 510 valence electrons. The van der Waals surface area contributed by atoms with Crippen LogP contribution in [0, 0.1) is 11.8 Å². The molecular formula is C67H130O17P2. The summed E-state index contributed by atoms with van der Waals surface area (Å²) in [7, 11) is -9.89. The van der Waals surface area contributed by atoms with Crippen LogP contribution in [0.4, 0.5) is 0 Å². The largest absolute Gasteiger partial charge is 0.472 e. The van der Waals surface area contributed by atoms with E-state index in [1.807, 2.05) is 0 Å². The summed E-state index contributed by atoms with van der Waals surface area (Å²) in [5.41, 5.74) is 0. The summed E-state index contributed by atoms with van der Waals surface area (Å²) in [6.45, 7) is 9.44. The van der Waals surface area contributed by atoms with Gasteiger partial charge >= 0.3 is 39.5 Å². The van der Waals surface area contributed by atoms with E-state index in [1.165, 1.54) is 154 Å². The van der Waals surface area contributed by atoms with Crippen LogP contribution in [0.5, 0.6) is 0 Å². The van der Waals surface area contributed by atoms with Gasteiger partial charge < -0.3 is 33.8 Å². The number of phosphoric acid groups is 2. The zero-order valence-corrected chi connectivity index (χ0v) is 57.4. The molecule has 0 aliphatic rings. The molecule has 2 unspecified atom stereocenters. The Hall–Kier alpha value is -1.94. The van der Waals surface area contributed by atoms with E-state index >= 15 is 0 Å². The van der Waals surface area contributed by atoms with Gasteiger partial charge in [0, 0.05) is 25.7 Å². The zero-order chi connectivity index (χ0) is 63.6. The van der Waals surface area contributed by atoms with Gasteiger partial charge in [-0.1, -0.05) is 286 Å². The lowest BCUT2D eigenvalue weighted by Crippen LogP contribution is -2.30. The first kappa shape index (κ1) is 84.1. The minimum absolute atomic E-state index is 0.103. The summed E-state index contributed by atoms with van der Waals surface area (Å²) >= 11 is 0. The van der Waals surface area contributed by atoms with E-state index < -0.39 is 97.5 Å². The van der Waals surface area contributed by atoms with Crippen molar-refractivity contribution in [3.05, 3.63) is 0 Å². The van der Waals surface area contributed by atoms with Crippen molar-refractivity contribution in [3.8, 4) is 0 Å². The third kappa shape index (κ3) is 60.9. The van der Waals surface area contributed by atoms with Gasteiger partial charge in [0.2, 0.25) is 0 Å². The van der Waals surface area contributed by atoms with E-state index in [4.69, 9.17) is 37.0 Å². The maximum atomic E-state index is 13.0. The average molecular weight is 1270 g/mol. The highest BCUT2D eigenvalue weighted by molar-refractivity contribution is 7.47. The summed E-state index contributed by atoms with van der Waals surface area (Å²) in [5, 5.41) is 10.6. The molecule has 19 heteroatoms. The van der Waals surface area contributed by atoms with Gasteiger partial charge in [0.05, 0.1) is 26.4 Å². The van der Waals surface area contributed by atoms with Crippen LogP contribution in [0.2, 0.25) is 0 Å². The van der Waals surface area contributed by atoms with E-state index in [9.17, 15) is 43.2 Å². The first-order valence-corrected chi connectivity index (χ1v) is 38.0. The van der Waals surface area contributed by atoms with E-state index in [0.717, 1.165) is 95.8 Å². The van der Waals surface area contributed by atoms with Crippen LogP contribution in [0.3, 0.4) is 0 Å². The Morgan fingerprint density at radius 2 is 0.535 bits per heavy atom. The van der Waals surface area contributed by atoms with E-state index in [-0.39, 0.29) is 25.7 Å². The summed E-state index contributed by atoms with van der Waals surface area (Å²) in [6.07, 6.45) is 43.1. The lowest BCUT2D eigenvalue weighted by Gasteiger charge is -2.21. The fourth-order valence-electron chi connectivity index (χ4n) is 10.1. The van der Waals surface area contributed by atoms with Crippen molar-refractivity contribution in [1.29, 1.82) is 0 Å². The second-order valence-electron chi connectivity index (χ2n) is 25.2. The fraction of sp³-hybridized carbons (Fsp3) is 0.940. The van der Waals surface area contributed by atoms with Gasteiger partial charge in [-0.15, -0.1) is 0 Å². The molecule has 0 spiro atoms. The van der Waals surface area contributed by atoms with Crippen molar-refractivity contribution >= 4 is 39.5 Å². The standard InChI is InChI=1S/C67H130O17P2/c1-7-9-11-13-15-17-18-19-20-21-27-33-39-45-51-66(71)83-62(55-78-65(70)50-44-38-32-26-23-22-25-29-35-41-47-59(3)4)57-81-85(73,74)79-53-61(68)54-80-86(75,76)82-58-63(56-77-64(69)49-43-37-31-24-16-14-12-10-8-2)84-67(72)52-46-40-34-28-30-36-42-48-60(5)6/h59-63,68H,7-58H2,1-6H3,(H,73,74)(H,75,76)/t61-,62-,63-/m1/s1. The third-order valence-corrected chi connectivity index (χ3v) is 17.4.